The first-order valence-electron chi connectivity index (χ1n) is 16.9. The van der Waals surface area contributed by atoms with Crippen molar-refractivity contribution in [3.8, 4) is 67.5 Å². The third-order valence-electron chi connectivity index (χ3n) is 9.36. The van der Waals surface area contributed by atoms with Crippen LogP contribution in [0.1, 0.15) is 0 Å². The van der Waals surface area contributed by atoms with Crippen LogP contribution in [0.5, 0.6) is 0 Å². The van der Waals surface area contributed by atoms with Crippen LogP contribution in [0.3, 0.4) is 0 Å². The highest BCUT2D eigenvalue weighted by Crippen LogP contribution is 2.36. The summed E-state index contributed by atoms with van der Waals surface area (Å²) in [5.74, 6) is 1.93. The third-order valence-corrected chi connectivity index (χ3v) is 9.36. The molecule has 9 rings (SSSR count). The minimum Gasteiger partial charge on any atom is -0.208 e. The number of aromatic nitrogens is 3. The molecule has 3 nitrogen and oxygen atoms in total. The molecule has 50 heavy (non-hydrogen) atoms. The number of nitrogens with zero attached hydrogens (tertiary/aromatic N) is 3. The fourth-order valence-corrected chi connectivity index (χ4v) is 6.86. The molecule has 3 heteroatoms. The zero-order chi connectivity index (χ0) is 33.3. The number of hydrogen-bond acceptors (Lipinski definition) is 3. The van der Waals surface area contributed by atoms with E-state index in [4.69, 9.17) is 15.0 Å². The molecular weight excluding hydrogens is 607 g/mol. The molecule has 8 aromatic carbocycles. The van der Waals surface area contributed by atoms with E-state index < -0.39 is 0 Å². The molecule has 0 unspecified atom stereocenters. The molecule has 0 aliphatic carbocycles. The number of hydrogen-bond donors (Lipinski definition) is 0. The van der Waals surface area contributed by atoms with Gasteiger partial charge in [0.25, 0.3) is 0 Å². The van der Waals surface area contributed by atoms with Gasteiger partial charge in [-0.2, -0.15) is 0 Å². The molecule has 0 atom stereocenters. The van der Waals surface area contributed by atoms with Gasteiger partial charge in [-0.05, 0) is 67.1 Å². The minimum atomic E-state index is 0.638. The highest BCUT2D eigenvalue weighted by Gasteiger charge is 2.16. The van der Waals surface area contributed by atoms with Crippen LogP contribution in [0, 0.1) is 0 Å². The van der Waals surface area contributed by atoms with Gasteiger partial charge < -0.3 is 0 Å². The fourth-order valence-electron chi connectivity index (χ4n) is 6.86. The van der Waals surface area contributed by atoms with E-state index in [2.05, 4.69) is 152 Å². The maximum Gasteiger partial charge on any atom is 0.164 e. The summed E-state index contributed by atoms with van der Waals surface area (Å²) in [6.45, 7) is 0. The molecule has 0 radical (unpaired) electrons. The fraction of sp³-hybridized carbons (Fsp3) is 0. The van der Waals surface area contributed by atoms with Crippen LogP contribution < -0.4 is 0 Å². The molecule has 0 bridgehead atoms. The predicted molar refractivity (Wildman–Crippen MR) is 207 cm³/mol. The van der Waals surface area contributed by atoms with Crippen molar-refractivity contribution in [1.29, 1.82) is 0 Å². The molecule has 0 spiro atoms. The van der Waals surface area contributed by atoms with E-state index in [1.165, 1.54) is 33.0 Å². The van der Waals surface area contributed by atoms with E-state index >= 15 is 0 Å². The van der Waals surface area contributed by atoms with Crippen molar-refractivity contribution in [3.63, 3.8) is 0 Å². The van der Waals surface area contributed by atoms with Crippen LogP contribution >= 0.6 is 0 Å². The van der Waals surface area contributed by atoms with Crippen molar-refractivity contribution < 1.29 is 0 Å². The Bertz CT molecular complexity index is 2620. The summed E-state index contributed by atoms with van der Waals surface area (Å²) in [7, 11) is 0. The quantitative estimate of drug-likeness (QED) is 0.182. The Kier molecular flexibility index (Phi) is 7.49. The summed E-state index contributed by atoms with van der Waals surface area (Å²) >= 11 is 0. The smallest absolute Gasteiger partial charge is 0.164 e. The SMILES string of the molecule is c1ccc(-c2nc(-c3cccc(-c4ccc(-c5cccc6ccccc56)cc4)c3)nc(-c3ccc(-c4ccccc4)c4ccccc34)n2)cc1. The molecule has 1 heterocycles. The monoisotopic (exact) mass is 637 g/mol. The molecule has 0 N–H and O–H groups in total. The third kappa shape index (κ3) is 5.51. The van der Waals surface area contributed by atoms with Crippen molar-refractivity contribution in [3.05, 3.63) is 188 Å². The van der Waals surface area contributed by atoms with Crippen LogP contribution in [0.25, 0.3) is 89.1 Å². The van der Waals surface area contributed by atoms with Crippen LogP contribution in [0.4, 0.5) is 0 Å². The number of benzene rings is 8. The standard InChI is InChI=1S/C47H31N3/c1-3-13-33(14-4-1)41-29-30-44(43-23-10-9-22-42(41)43)47-49-45(36-16-5-2-6-17-36)48-46(50-47)38-20-11-19-37(31-38)32-25-27-35(28-26-32)40-24-12-18-34-15-7-8-21-39(34)40/h1-31H. The lowest BCUT2D eigenvalue weighted by Gasteiger charge is -2.13. The number of rotatable bonds is 6. The number of fused-ring (bicyclic) bond motifs is 2. The Morgan fingerprint density at radius 2 is 0.700 bits per heavy atom. The van der Waals surface area contributed by atoms with E-state index in [0.717, 1.165) is 38.6 Å². The first kappa shape index (κ1) is 29.4. The van der Waals surface area contributed by atoms with Crippen LogP contribution in [-0.2, 0) is 0 Å². The van der Waals surface area contributed by atoms with Gasteiger partial charge in [-0.25, -0.2) is 15.0 Å². The Morgan fingerprint density at radius 1 is 0.240 bits per heavy atom. The Hall–Kier alpha value is -6.71. The summed E-state index contributed by atoms with van der Waals surface area (Å²) in [5, 5.41) is 4.76. The van der Waals surface area contributed by atoms with Gasteiger partial charge in [0.1, 0.15) is 0 Å². The lowest BCUT2D eigenvalue weighted by Crippen LogP contribution is -2.01. The van der Waals surface area contributed by atoms with E-state index in [0.29, 0.717) is 17.5 Å². The second-order valence-electron chi connectivity index (χ2n) is 12.4. The van der Waals surface area contributed by atoms with Crippen molar-refractivity contribution in [2.75, 3.05) is 0 Å². The molecule has 9 aromatic rings. The molecule has 0 amide bonds. The lowest BCUT2D eigenvalue weighted by molar-refractivity contribution is 1.08. The Morgan fingerprint density at radius 3 is 1.46 bits per heavy atom. The van der Waals surface area contributed by atoms with Gasteiger partial charge in [0.15, 0.2) is 17.5 Å². The second-order valence-corrected chi connectivity index (χ2v) is 12.4. The zero-order valence-corrected chi connectivity index (χ0v) is 27.2. The van der Waals surface area contributed by atoms with Gasteiger partial charge in [-0.3, -0.25) is 0 Å². The van der Waals surface area contributed by atoms with E-state index in [-0.39, 0.29) is 0 Å². The Balaban J connectivity index is 1.14. The highest BCUT2D eigenvalue weighted by atomic mass is 15.0. The first-order valence-corrected chi connectivity index (χ1v) is 16.9. The summed E-state index contributed by atoms with van der Waals surface area (Å²) in [6, 6.07) is 65.8. The van der Waals surface area contributed by atoms with Gasteiger partial charge >= 0.3 is 0 Å². The summed E-state index contributed by atoms with van der Waals surface area (Å²) in [5.41, 5.74) is 9.89. The highest BCUT2D eigenvalue weighted by molar-refractivity contribution is 6.04. The summed E-state index contributed by atoms with van der Waals surface area (Å²) in [4.78, 5) is 15.3. The second kappa shape index (κ2) is 12.7. The van der Waals surface area contributed by atoms with Crippen LogP contribution in [-0.4, -0.2) is 15.0 Å². The minimum absolute atomic E-state index is 0.638. The first-order chi connectivity index (χ1) is 24.8. The van der Waals surface area contributed by atoms with Gasteiger partial charge in [-0.1, -0.05) is 176 Å². The molecule has 0 aliphatic heterocycles. The lowest BCUT2D eigenvalue weighted by atomic mass is 9.94. The zero-order valence-electron chi connectivity index (χ0n) is 27.2. The molecule has 0 saturated carbocycles. The van der Waals surface area contributed by atoms with Gasteiger partial charge in [0.05, 0.1) is 0 Å². The molecule has 0 aliphatic rings. The molecule has 1 aromatic heterocycles. The van der Waals surface area contributed by atoms with Crippen molar-refractivity contribution in [1.82, 2.24) is 15.0 Å². The van der Waals surface area contributed by atoms with Crippen molar-refractivity contribution >= 4 is 21.5 Å². The Labute approximate surface area is 291 Å². The van der Waals surface area contributed by atoms with Crippen molar-refractivity contribution in [2.24, 2.45) is 0 Å². The molecule has 0 saturated heterocycles. The average Bonchev–Trinajstić information content (AvgIpc) is 3.21. The largest absolute Gasteiger partial charge is 0.208 e. The summed E-state index contributed by atoms with van der Waals surface area (Å²) < 4.78 is 0. The van der Waals surface area contributed by atoms with Gasteiger partial charge in [0.2, 0.25) is 0 Å². The van der Waals surface area contributed by atoms with Gasteiger partial charge in [-0.15, -0.1) is 0 Å². The van der Waals surface area contributed by atoms with E-state index in [1.807, 2.05) is 36.4 Å². The van der Waals surface area contributed by atoms with Crippen molar-refractivity contribution in [2.45, 2.75) is 0 Å². The maximum absolute atomic E-state index is 5.15. The van der Waals surface area contributed by atoms with Gasteiger partial charge in [0, 0.05) is 16.7 Å². The molecule has 234 valence electrons. The van der Waals surface area contributed by atoms with E-state index in [1.54, 1.807) is 0 Å². The average molecular weight is 638 g/mol. The normalized spacial score (nSPS) is 11.2. The maximum atomic E-state index is 5.15. The predicted octanol–water partition coefficient (Wildman–Crippen LogP) is 12.2. The summed E-state index contributed by atoms with van der Waals surface area (Å²) in [6.07, 6.45) is 0. The molecule has 0 fully saturated rings. The molecular formula is C47H31N3. The van der Waals surface area contributed by atoms with Crippen LogP contribution in [0.2, 0.25) is 0 Å². The van der Waals surface area contributed by atoms with Crippen LogP contribution in [0.15, 0.2) is 188 Å². The van der Waals surface area contributed by atoms with E-state index in [9.17, 15) is 0 Å². The topological polar surface area (TPSA) is 38.7 Å².